The molecule has 1 aliphatic heterocycles. The average Bonchev–Trinajstić information content (AvgIpc) is 2.42. The predicted molar refractivity (Wildman–Crippen MR) is 70.3 cm³/mol. The van der Waals surface area contributed by atoms with E-state index < -0.39 is 0 Å². The number of rotatable bonds is 3. The third-order valence-electron chi connectivity index (χ3n) is 3.22. The maximum Gasteiger partial charge on any atom is 0.409 e. The Morgan fingerprint density at radius 3 is 2.42 bits per heavy atom. The van der Waals surface area contributed by atoms with Crippen molar-refractivity contribution in [2.75, 3.05) is 32.8 Å². The fourth-order valence-corrected chi connectivity index (χ4v) is 2.15. The van der Waals surface area contributed by atoms with Crippen molar-refractivity contribution in [1.29, 1.82) is 0 Å². The Kier molecular flexibility index (Phi) is 4.74. The molecule has 1 aliphatic rings. The largest absolute Gasteiger partial charge is 0.450 e. The molecule has 4 nitrogen and oxygen atoms in total. The van der Waals surface area contributed by atoms with E-state index in [0.717, 1.165) is 25.2 Å². The van der Waals surface area contributed by atoms with Crippen LogP contribution in [0.5, 0.6) is 0 Å². The molecule has 1 aromatic rings. The van der Waals surface area contributed by atoms with E-state index in [1.165, 1.54) is 12.1 Å². The van der Waals surface area contributed by atoms with Crippen molar-refractivity contribution in [2.24, 2.45) is 0 Å². The lowest BCUT2D eigenvalue weighted by Crippen LogP contribution is -2.48. The fraction of sp³-hybridized carbons (Fsp3) is 0.500. The van der Waals surface area contributed by atoms with E-state index in [9.17, 15) is 9.18 Å². The molecule has 0 aromatic heterocycles. The van der Waals surface area contributed by atoms with Crippen LogP contribution in [0.2, 0.25) is 0 Å². The van der Waals surface area contributed by atoms with Gasteiger partial charge in [-0.1, -0.05) is 12.1 Å². The van der Waals surface area contributed by atoms with Crippen molar-refractivity contribution in [2.45, 2.75) is 13.5 Å². The molecule has 1 saturated heterocycles. The molecule has 0 spiro atoms. The van der Waals surface area contributed by atoms with Gasteiger partial charge in [0.1, 0.15) is 5.82 Å². The first-order valence-electron chi connectivity index (χ1n) is 6.57. The first kappa shape index (κ1) is 13.8. The number of benzene rings is 1. The zero-order chi connectivity index (χ0) is 13.7. The summed E-state index contributed by atoms with van der Waals surface area (Å²) in [5.41, 5.74) is 1.09. The lowest BCUT2D eigenvalue weighted by molar-refractivity contribution is 0.0778. The Morgan fingerprint density at radius 2 is 1.84 bits per heavy atom. The normalized spacial score (nSPS) is 16.4. The average molecular weight is 266 g/mol. The molecule has 104 valence electrons. The molecule has 1 amide bonds. The summed E-state index contributed by atoms with van der Waals surface area (Å²) in [5.74, 6) is -0.212. The summed E-state index contributed by atoms with van der Waals surface area (Å²) in [6.07, 6.45) is -0.232. The number of hydrogen-bond donors (Lipinski definition) is 0. The third kappa shape index (κ3) is 3.92. The molecule has 1 aromatic carbocycles. The second-order valence-corrected chi connectivity index (χ2v) is 4.59. The number of carbonyl (C=O) groups excluding carboxylic acids is 1. The van der Waals surface area contributed by atoms with Crippen molar-refractivity contribution in [3.63, 3.8) is 0 Å². The van der Waals surface area contributed by atoms with Gasteiger partial charge in [-0.25, -0.2) is 9.18 Å². The van der Waals surface area contributed by atoms with Crippen molar-refractivity contribution in [3.8, 4) is 0 Å². The molecule has 0 saturated carbocycles. The Labute approximate surface area is 112 Å². The van der Waals surface area contributed by atoms with E-state index in [1.807, 2.05) is 6.92 Å². The first-order chi connectivity index (χ1) is 9.19. The van der Waals surface area contributed by atoms with Crippen molar-refractivity contribution >= 4 is 6.09 Å². The Hall–Kier alpha value is -1.62. The molecule has 5 heteroatoms. The van der Waals surface area contributed by atoms with E-state index in [2.05, 4.69) is 4.90 Å². The smallest absolute Gasteiger partial charge is 0.409 e. The van der Waals surface area contributed by atoms with Crippen LogP contribution in [0.1, 0.15) is 12.5 Å². The standard InChI is InChI=1S/C14H19FN2O2/c1-2-19-14(18)17-9-7-16(8-10-17)11-12-3-5-13(15)6-4-12/h3-6H,2,7-11H2,1H3. The highest BCUT2D eigenvalue weighted by atomic mass is 19.1. The monoisotopic (exact) mass is 266 g/mol. The Morgan fingerprint density at radius 1 is 1.21 bits per heavy atom. The minimum Gasteiger partial charge on any atom is -0.450 e. The van der Waals surface area contributed by atoms with Gasteiger partial charge < -0.3 is 9.64 Å². The van der Waals surface area contributed by atoms with Crippen LogP contribution in [-0.2, 0) is 11.3 Å². The maximum atomic E-state index is 12.8. The molecule has 19 heavy (non-hydrogen) atoms. The maximum absolute atomic E-state index is 12.8. The van der Waals surface area contributed by atoms with E-state index >= 15 is 0 Å². The van der Waals surface area contributed by atoms with Crippen LogP contribution < -0.4 is 0 Å². The van der Waals surface area contributed by atoms with Crippen LogP contribution >= 0.6 is 0 Å². The second-order valence-electron chi connectivity index (χ2n) is 4.59. The molecule has 0 aliphatic carbocycles. The number of ether oxygens (including phenoxy) is 1. The van der Waals surface area contributed by atoms with Crippen LogP contribution in [0.25, 0.3) is 0 Å². The Bertz CT molecular complexity index is 414. The van der Waals surface area contributed by atoms with Crippen molar-refractivity contribution in [3.05, 3.63) is 35.6 Å². The molecule has 2 rings (SSSR count). The summed E-state index contributed by atoms with van der Waals surface area (Å²) in [6.45, 7) is 6.00. The highest BCUT2D eigenvalue weighted by molar-refractivity contribution is 5.67. The van der Waals surface area contributed by atoms with Crippen LogP contribution in [0.15, 0.2) is 24.3 Å². The van der Waals surface area contributed by atoms with Crippen LogP contribution in [0, 0.1) is 5.82 Å². The van der Waals surface area contributed by atoms with Crippen LogP contribution in [-0.4, -0.2) is 48.7 Å². The van der Waals surface area contributed by atoms with Gasteiger partial charge in [-0.2, -0.15) is 0 Å². The van der Waals surface area contributed by atoms with Crippen LogP contribution in [0.4, 0.5) is 9.18 Å². The number of hydrogen-bond acceptors (Lipinski definition) is 3. The van der Waals surface area contributed by atoms with Gasteiger partial charge in [0.25, 0.3) is 0 Å². The summed E-state index contributed by atoms with van der Waals surface area (Å²) >= 11 is 0. The van der Waals surface area contributed by atoms with E-state index in [-0.39, 0.29) is 11.9 Å². The van der Waals surface area contributed by atoms with Gasteiger partial charge in [0.05, 0.1) is 6.61 Å². The summed E-state index contributed by atoms with van der Waals surface area (Å²) in [5, 5.41) is 0. The van der Waals surface area contributed by atoms with E-state index in [1.54, 1.807) is 17.0 Å². The van der Waals surface area contributed by atoms with Gasteiger partial charge in [0, 0.05) is 32.7 Å². The Balaban J connectivity index is 1.80. The SMILES string of the molecule is CCOC(=O)N1CCN(Cc2ccc(F)cc2)CC1. The summed E-state index contributed by atoms with van der Waals surface area (Å²) in [7, 11) is 0. The highest BCUT2D eigenvalue weighted by Crippen LogP contribution is 2.10. The van der Waals surface area contributed by atoms with Gasteiger partial charge in [0.2, 0.25) is 0 Å². The van der Waals surface area contributed by atoms with Crippen molar-refractivity contribution < 1.29 is 13.9 Å². The number of nitrogens with zero attached hydrogens (tertiary/aromatic N) is 2. The number of piperazine rings is 1. The van der Waals surface area contributed by atoms with Gasteiger partial charge in [-0.05, 0) is 24.6 Å². The molecular weight excluding hydrogens is 247 g/mol. The summed E-state index contributed by atoms with van der Waals surface area (Å²) < 4.78 is 17.8. The zero-order valence-corrected chi connectivity index (χ0v) is 11.1. The lowest BCUT2D eigenvalue weighted by atomic mass is 10.2. The van der Waals surface area contributed by atoms with Gasteiger partial charge in [-0.15, -0.1) is 0 Å². The molecule has 0 N–H and O–H groups in total. The molecular formula is C14H19FN2O2. The minimum atomic E-state index is -0.232. The third-order valence-corrected chi connectivity index (χ3v) is 3.22. The first-order valence-corrected chi connectivity index (χ1v) is 6.57. The van der Waals surface area contributed by atoms with E-state index in [0.29, 0.717) is 19.7 Å². The van der Waals surface area contributed by atoms with Gasteiger partial charge in [-0.3, -0.25) is 4.90 Å². The molecule has 1 heterocycles. The minimum absolute atomic E-state index is 0.212. The highest BCUT2D eigenvalue weighted by Gasteiger charge is 2.21. The molecule has 0 unspecified atom stereocenters. The zero-order valence-electron chi connectivity index (χ0n) is 11.1. The van der Waals surface area contributed by atoms with Gasteiger partial charge in [0.15, 0.2) is 0 Å². The predicted octanol–water partition coefficient (Wildman–Crippen LogP) is 2.10. The summed E-state index contributed by atoms with van der Waals surface area (Å²) in [6, 6.07) is 6.55. The number of halogens is 1. The molecule has 1 fully saturated rings. The lowest BCUT2D eigenvalue weighted by Gasteiger charge is -2.34. The van der Waals surface area contributed by atoms with Crippen LogP contribution in [0.3, 0.4) is 0 Å². The molecule has 0 radical (unpaired) electrons. The summed E-state index contributed by atoms with van der Waals surface area (Å²) in [4.78, 5) is 15.5. The number of carbonyl (C=O) groups is 1. The fourth-order valence-electron chi connectivity index (χ4n) is 2.15. The quantitative estimate of drug-likeness (QED) is 0.840. The second kappa shape index (κ2) is 6.52. The molecule has 0 atom stereocenters. The topological polar surface area (TPSA) is 32.8 Å². The number of amides is 1. The van der Waals surface area contributed by atoms with Crippen molar-refractivity contribution in [1.82, 2.24) is 9.80 Å². The van der Waals surface area contributed by atoms with E-state index in [4.69, 9.17) is 4.74 Å². The van der Waals surface area contributed by atoms with Gasteiger partial charge >= 0.3 is 6.09 Å². The molecule has 0 bridgehead atoms.